The molecule has 0 amide bonds. The van der Waals surface area contributed by atoms with E-state index >= 15 is 0 Å². The fraction of sp³-hybridized carbons (Fsp3) is 0.769. The molecule has 3 nitrogen and oxygen atoms in total. The van der Waals surface area contributed by atoms with Crippen molar-refractivity contribution >= 4 is 0 Å². The van der Waals surface area contributed by atoms with Gasteiger partial charge in [-0.05, 0) is 31.6 Å². The third-order valence-electron chi connectivity index (χ3n) is 3.86. The first-order chi connectivity index (χ1) is 7.83. The van der Waals surface area contributed by atoms with E-state index in [2.05, 4.69) is 17.7 Å². The average molecular weight is 220 g/mol. The van der Waals surface area contributed by atoms with Crippen LogP contribution in [0.3, 0.4) is 0 Å². The summed E-state index contributed by atoms with van der Waals surface area (Å²) in [5.41, 5.74) is 1.28. The second kappa shape index (κ2) is 4.21. The molecule has 1 fully saturated rings. The average Bonchev–Trinajstić information content (AvgIpc) is 2.88. The highest BCUT2D eigenvalue weighted by molar-refractivity contribution is 5.10. The maximum atomic E-state index is 5.42. The second-order valence-electron chi connectivity index (χ2n) is 5.26. The highest BCUT2D eigenvalue weighted by Crippen LogP contribution is 2.27. The van der Waals surface area contributed by atoms with Crippen molar-refractivity contribution in [3.05, 3.63) is 17.7 Å². The van der Waals surface area contributed by atoms with Gasteiger partial charge in [-0.25, -0.2) is 4.98 Å². The molecule has 2 unspecified atom stereocenters. The van der Waals surface area contributed by atoms with Crippen LogP contribution in [0, 0.1) is 5.92 Å². The van der Waals surface area contributed by atoms with E-state index in [-0.39, 0.29) is 0 Å². The van der Waals surface area contributed by atoms with Gasteiger partial charge in [0, 0.05) is 31.9 Å². The molecular weight excluding hydrogens is 200 g/mol. The van der Waals surface area contributed by atoms with Crippen LogP contribution < -0.4 is 0 Å². The van der Waals surface area contributed by atoms with E-state index in [1.807, 2.05) is 0 Å². The van der Waals surface area contributed by atoms with Gasteiger partial charge in [0.05, 0.1) is 5.69 Å². The van der Waals surface area contributed by atoms with Crippen molar-refractivity contribution in [1.29, 1.82) is 0 Å². The Bertz CT molecular complexity index is 366. The zero-order chi connectivity index (χ0) is 11.0. The minimum Gasteiger partial charge on any atom is -0.381 e. The molecule has 3 heterocycles. The third kappa shape index (κ3) is 1.88. The molecule has 0 bridgehead atoms. The summed E-state index contributed by atoms with van der Waals surface area (Å²) in [5, 5.41) is 0. The molecule has 0 spiro atoms. The minimum absolute atomic E-state index is 0.641. The van der Waals surface area contributed by atoms with Crippen molar-refractivity contribution in [1.82, 2.24) is 9.55 Å². The number of ether oxygens (including phenoxy) is 1. The molecular formula is C13H20N2O. The number of aryl methyl sites for hydroxylation is 1. The standard InChI is InChI=1S/C13H20N2O/c1-10-3-2-5-15-8-12(14-13(10)15)7-11-4-6-16-9-11/h8,10-11H,2-7,9H2,1H3. The molecule has 2 atom stereocenters. The number of hydrogen-bond acceptors (Lipinski definition) is 2. The maximum Gasteiger partial charge on any atom is 0.111 e. The fourth-order valence-corrected chi connectivity index (χ4v) is 2.89. The van der Waals surface area contributed by atoms with Gasteiger partial charge in [-0.2, -0.15) is 0 Å². The number of aromatic nitrogens is 2. The first kappa shape index (κ1) is 10.3. The Hall–Kier alpha value is -0.830. The fourth-order valence-electron chi connectivity index (χ4n) is 2.89. The predicted octanol–water partition coefficient (Wildman–Crippen LogP) is 2.36. The molecule has 3 rings (SSSR count). The SMILES string of the molecule is CC1CCCn2cc(CC3CCOC3)nc21. The van der Waals surface area contributed by atoms with Crippen LogP contribution in [0.5, 0.6) is 0 Å². The van der Waals surface area contributed by atoms with Crippen LogP contribution >= 0.6 is 0 Å². The van der Waals surface area contributed by atoms with Crippen molar-refractivity contribution in [3.8, 4) is 0 Å². The first-order valence-corrected chi connectivity index (χ1v) is 6.46. The van der Waals surface area contributed by atoms with E-state index in [0.29, 0.717) is 11.8 Å². The van der Waals surface area contributed by atoms with E-state index in [0.717, 1.165) is 26.2 Å². The summed E-state index contributed by atoms with van der Waals surface area (Å²) in [4.78, 5) is 4.80. The summed E-state index contributed by atoms with van der Waals surface area (Å²) in [6.07, 6.45) is 7.17. The Morgan fingerprint density at radius 3 is 3.19 bits per heavy atom. The van der Waals surface area contributed by atoms with Crippen molar-refractivity contribution in [2.45, 2.75) is 45.1 Å². The lowest BCUT2D eigenvalue weighted by atomic mass is 10.0. The first-order valence-electron chi connectivity index (χ1n) is 6.46. The maximum absolute atomic E-state index is 5.42. The molecule has 1 aromatic rings. The van der Waals surface area contributed by atoms with Crippen LogP contribution in [0.4, 0.5) is 0 Å². The molecule has 1 aromatic heterocycles. The number of nitrogens with zero attached hydrogens (tertiary/aromatic N) is 2. The molecule has 88 valence electrons. The Kier molecular flexibility index (Phi) is 2.72. The Morgan fingerprint density at radius 2 is 2.44 bits per heavy atom. The van der Waals surface area contributed by atoms with Crippen LogP contribution in [-0.4, -0.2) is 22.8 Å². The Morgan fingerprint density at radius 1 is 1.50 bits per heavy atom. The van der Waals surface area contributed by atoms with Gasteiger partial charge in [-0.15, -0.1) is 0 Å². The van der Waals surface area contributed by atoms with Gasteiger partial charge in [0.1, 0.15) is 5.82 Å². The lowest BCUT2D eigenvalue weighted by molar-refractivity contribution is 0.185. The smallest absolute Gasteiger partial charge is 0.111 e. The Balaban J connectivity index is 1.75. The van der Waals surface area contributed by atoms with Crippen LogP contribution in [0.25, 0.3) is 0 Å². The quantitative estimate of drug-likeness (QED) is 0.765. The van der Waals surface area contributed by atoms with E-state index in [4.69, 9.17) is 9.72 Å². The molecule has 0 saturated carbocycles. The summed E-state index contributed by atoms with van der Waals surface area (Å²) < 4.78 is 7.78. The van der Waals surface area contributed by atoms with Gasteiger partial charge in [-0.3, -0.25) is 0 Å². The third-order valence-corrected chi connectivity index (χ3v) is 3.86. The van der Waals surface area contributed by atoms with Gasteiger partial charge in [0.25, 0.3) is 0 Å². The van der Waals surface area contributed by atoms with Crippen LogP contribution in [0.2, 0.25) is 0 Å². The normalized spacial score (nSPS) is 29.3. The highest BCUT2D eigenvalue weighted by atomic mass is 16.5. The molecule has 0 aliphatic carbocycles. The van der Waals surface area contributed by atoms with Crippen molar-refractivity contribution in [2.24, 2.45) is 5.92 Å². The highest BCUT2D eigenvalue weighted by Gasteiger charge is 2.22. The number of rotatable bonds is 2. The topological polar surface area (TPSA) is 27.1 Å². The largest absolute Gasteiger partial charge is 0.381 e. The molecule has 2 aliphatic rings. The van der Waals surface area contributed by atoms with Crippen molar-refractivity contribution < 1.29 is 4.74 Å². The summed E-state index contributed by atoms with van der Waals surface area (Å²) in [5.74, 6) is 2.65. The van der Waals surface area contributed by atoms with Gasteiger partial charge < -0.3 is 9.30 Å². The summed E-state index contributed by atoms with van der Waals surface area (Å²) in [6, 6.07) is 0. The van der Waals surface area contributed by atoms with Crippen LogP contribution in [0.1, 0.15) is 43.6 Å². The number of hydrogen-bond donors (Lipinski definition) is 0. The van der Waals surface area contributed by atoms with Crippen molar-refractivity contribution in [3.63, 3.8) is 0 Å². The summed E-state index contributed by atoms with van der Waals surface area (Å²) in [7, 11) is 0. The van der Waals surface area contributed by atoms with E-state index in [1.54, 1.807) is 0 Å². The molecule has 1 saturated heterocycles. The predicted molar refractivity (Wildman–Crippen MR) is 62.5 cm³/mol. The zero-order valence-corrected chi connectivity index (χ0v) is 9.98. The van der Waals surface area contributed by atoms with E-state index < -0.39 is 0 Å². The number of imidazole rings is 1. The van der Waals surface area contributed by atoms with Crippen LogP contribution in [0.15, 0.2) is 6.20 Å². The van der Waals surface area contributed by atoms with Gasteiger partial charge in [-0.1, -0.05) is 6.92 Å². The van der Waals surface area contributed by atoms with Gasteiger partial charge in [0.15, 0.2) is 0 Å². The van der Waals surface area contributed by atoms with E-state index in [9.17, 15) is 0 Å². The molecule has 0 aromatic carbocycles. The second-order valence-corrected chi connectivity index (χ2v) is 5.26. The van der Waals surface area contributed by atoms with Gasteiger partial charge >= 0.3 is 0 Å². The van der Waals surface area contributed by atoms with Gasteiger partial charge in [0.2, 0.25) is 0 Å². The Labute approximate surface area is 96.8 Å². The lowest BCUT2D eigenvalue weighted by Crippen LogP contribution is -2.12. The molecule has 3 heteroatoms. The molecule has 0 N–H and O–H groups in total. The monoisotopic (exact) mass is 220 g/mol. The molecule has 0 radical (unpaired) electrons. The summed E-state index contributed by atoms with van der Waals surface area (Å²) in [6.45, 7) is 5.32. The molecule has 16 heavy (non-hydrogen) atoms. The lowest BCUT2D eigenvalue weighted by Gasteiger charge is -2.19. The van der Waals surface area contributed by atoms with Crippen LogP contribution in [-0.2, 0) is 17.7 Å². The summed E-state index contributed by atoms with van der Waals surface area (Å²) >= 11 is 0. The van der Waals surface area contributed by atoms with Crippen molar-refractivity contribution in [2.75, 3.05) is 13.2 Å². The minimum atomic E-state index is 0.641. The van der Waals surface area contributed by atoms with E-state index in [1.165, 1.54) is 30.8 Å². The molecule has 2 aliphatic heterocycles. The number of fused-ring (bicyclic) bond motifs is 1. The zero-order valence-electron chi connectivity index (χ0n) is 9.98.